The van der Waals surface area contributed by atoms with Crippen LogP contribution in [-0.2, 0) is 6.42 Å². The molecule has 0 radical (unpaired) electrons. The number of ether oxygens (including phenoxy) is 1. The fourth-order valence-electron chi connectivity index (χ4n) is 1.12. The quantitative estimate of drug-likeness (QED) is 0.807. The first-order valence-corrected chi connectivity index (χ1v) is 4.59. The summed E-state index contributed by atoms with van der Waals surface area (Å²) in [6.45, 7) is 1.68. The largest absolute Gasteiger partial charge is 0.573 e. The van der Waals surface area contributed by atoms with E-state index in [2.05, 4.69) is 4.74 Å². The molecule has 0 atom stereocenters. The molecule has 1 N–H and O–H groups in total. The number of allylic oxidation sites excluding steroid dienone is 2. The molecule has 1 aromatic rings. The van der Waals surface area contributed by atoms with Gasteiger partial charge in [0.1, 0.15) is 5.75 Å². The topological polar surface area (TPSA) is 29.5 Å². The first-order valence-electron chi connectivity index (χ1n) is 4.59. The molecule has 0 amide bonds. The number of hydrogen-bond donors (Lipinski definition) is 1. The first-order chi connectivity index (χ1) is 7.40. The normalized spacial score (nSPS) is 12.6. The highest BCUT2D eigenvalue weighted by atomic mass is 19.4. The fourth-order valence-corrected chi connectivity index (χ4v) is 1.12. The van der Waals surface area contributed by atoms with E-state index in [1.54, 1.807) is 6.92 Å². The van der Waals surface area contributed by atoms with Crippen LogP contribution in [0.2, 0.25) is 0 Å². The molecule has 0 aliphatic rings. The SMILES string of the molecule is CC=C(O)Cc1ccc(OC(F)(F)F)cc1. The van der Waals surface area contributed by atoms with E-state index in [1.165, 1.54) is 30.3 Å². The van der Waals surface area contributed by atoms with Crippen LogP contribution in [0.5, 0.6) is 5.75 Å². The maximum absolute atomic E-state index is 11.8. The minimum Gasteiger partial charge on any atom is -0.512 e. The van der Waals surface area contributed by atoms with Crippen molar-refractivity contribution in [1.82, 2.24) is 0 Å². The third kappa shape index (κ3) is 4.25. The van der Waals surface area contributed by atoms with E-state index in [-0.39, 0.29) is 11.5 Å². The summed E-state index contributed by atoms with van der Waals surface area (Å²) in [5.74, 6) is -0.0966. The van der Waals surface area contributed by atoms with Crippen LogP contribution in [0.25, 0.3) is 0 Å². The van der Waals surface area contributed by atoms with Crippen LogP contribution in [0.15, 0.2) is 36.1 Å². The Morgan fingerprint density at radius 1 is 1.31 bits per heavy atom. The molecule has 0 aliphatic heterocycles. The Morgan fingerprint density at radius 2 is 1.88 bits per heavy atom. The summed E-state index contributed by atoms with van der Waals surface area (Å²) in [6, 6.07) is 5.37. The lowest BCUT2D eigenvalue weighted by Gasteiger charge is -2.09. The van der Waals surface area contributed by atoms with Gasteiger partial charge in [0, 0.05) is 6.42 Å². The van der Waals surface area contributed by atoms with Crippen LogP contribution in [0.4, 0.5) is 13.2 Å². The lowest BCUT2D eigenvalue weighted by molar-refractivity contribution is -0.274. The summed E-state index contributed by atoms with van der Waals surface area (Å²) in [4.78, 5) is 0. The van der Waals surface area contributed by atoms with Gasteiger partial charge in [0.25, 0.3) is 0 Å². The maximum atomic E-state index is 11.8. The van der Waals surface area contributed by atoms with Crippen molar-refractivity contribution in [2.75, 3.05) is 0 Å². The van der Waals surface area contributed by atoms with Crippen LogP contribution in [0.3, 0.4) is 0 Å². The van der Waals surface area contributed by atoms with Crippen LogP contribution in [0, 0.1) is 0 Å². The van der Waals surface area contributed by atoms with Crippen molar-refractivity contribution in [2.45, 2.75) is 19.7 Å². The summed E-state index contributed by atoms with van der Waals surface area (Å²) in [5, 5.41) is 9.22. The van der Waals surface area contributed by atoms with Gasteiger partial charge in [-0.15, -0.1) is 13.2 Å². The second kappa shape index (κ2) is 4.92. The summed E-state index contributed by atoms with van der Waals surface area (Å²) in [7, 11) is 0. The van der Waals surface area contributed by atoms with Crippen LogP contribution >= 0.6 is 0 Å². The van der Waals surface area contributed by atoms with Crippen molar-refractivity contribution in [1.29, 1.82) is 0 Å². The zero-order chi connectivity index (χ0) is 12.2. The van der Waals surface area contributed by atoms with Gasteiger partial charge in [-0.1, -0.05) is 12.1 Å². The predicted octanol–water partition coefficient (Wildman–Crippen LogP) is 3.59. The summed E-state index contributed by atoms with van der Waals surface area (Å²) >= 11 is 0. The molecule has 88 valence electrons. The van der Waals surface area contributed by atoms with Gasteiger partial charge in [-0.05, 0) is 30.7 Å². The van der Waals surface area contributed by atoms with E-state index >= 15 is 0 Å². The average Bonchev–Trinajstić information content (AvgIpc) is 2.18. The van der Waals surface area contributed by atoms with E-state index in [1.807, 2.05) is 0 Å². The Bertz CT molecular complexity index is 366. The molecular formula is C11H11F3O2. The van der Waals surface area contributed by atoms with Gasteiger partial charge in [0.2, 0.25) is 0 Å². The molecule has 0 spiro atoms. The molecule has 0 saturated carbocycles. The number of halogens is 3. The number of rotatable bonds is 3. The van der Waals surface area contributed by atoms with Crippen molar-refractivity contribution in [3.05, 3.63) is 41.7 Å². The van der Waals surface area contributed by atoms with Gasteiger partial charge in [0.05, 0.1) is 5.76 Å². The molecule has 2 nitrogen and oxygen atoms in total. The highest BCUT2D eigenvalue weighted by Gasteiger charge is 2.30. The summed E-state index contributed by atoms with van der Waals surface area (Å²) in [5.41, 5.74) is 0.713. The van der Waals surface area contributed by atoms with Crippen LogP contribution in [0.1, 0.15) is 12.5 Å². The van der Waals surface area contributed by atoms with Gasteiger partial charge in [-0.2, -0.15) is 0 Å². The monoisotopic (exact) mass is 232 g/mol. The Kier molecular flexibility index (Phi) is 3.82. The summed E-state index contributed by atoms with van der Waals surface area (Å²) < 4.78 is 39.2. The zero-order valence-corrected chi connectivity index (χ0v) is 8.58. The molecule has 0 heterocycles. The molecule has 0 unspecified atom stereocenters. The van der Waals surface area contributed by atoms with E-state index < -0.39 is 6.36 Å². The van der Waals surface area contributed by atoms with E-state index in [0.29, 0.717) is 12.0 Å². The molecule has 5 heteroatoms. The van der Waals surface area contributed by atoms with E-state index in [4.69, 9.17) is 0 Å². The van der Waals surface area contributed by atoms with E-state index in [0.717, 1.165) is 0 Å². The number of alkyl halides is 3. The molecule has 0 aliphatic carbocycles. The number of aliphatic hydroxyl groups is 1. The Labute approximate surface area is 91.0 Å². The molecule has 1 rings (SSSR count). The average molecular weight is 232 g/mol. The smallest absolute Gasteiger partial charge is 0.512 e. The van der Waals surface area contributed by atoms with Crippen molar-refractivity contribution in [2.24, 2.45) is 0 Å². The highest BCUT2D eigenvalue weighted by molar-refractivity contribution is 5.29. The summed E-state index contributed by atoms with van der Waals surface area (Å²) in [6.07, 6.45) is -2.85. The fraction of sp³-hybridized carbons (Fsp3) is 0.273. The second-order valence-corrected chi connectivity index (χ2v) is 3.15. The van der Waals surface area contributed by atoms with Gasteiger partial charge in [0.15, 0.2) is 0 Å². The number of hydrogen-bond acceptors (Lipinski definition) is 2. The van der Waals surface area contributed by atoms with Crippen molar-refractivity contribution in [3.63, 3.8) is 0 Å². The minimum absolute atomic E-state index is 0.171. The maximum Gasteiger partial charge on any atom is 0.573 e. The zero-order valence-electron chi connectivity index (χ0n) is 8.58. The molecule has 0 saturated heterocycles. The van der Waals surface area contributed by atoms with Gasteiger partial charge >= 0.3 is 6.36 Å². The lowest BCUT2D eigenvalue weighted by atomic mass is 10.1. The van der Waals surface area contributed by atoms with Crippen molar-refractivity contribution >= 4 is 0 Å². The third-order valence-electron chi connectivity index (χ3n) is 1.88. The van der Waals surface area contributed by atoms with Crippen molar-refractivity contribution in [3.8, 4) is 5.75 Å². The molecule has 0 fully saturated rings. The predicted molar refractivity (Wildman–Crippen MR) is 53.2 cm³/mol. The standard InChI is InChI=1S/C11H11F3O2/c1-2-9(15)7-8-3-5-10(6-4-8)16-11(12,13)14/h2-6,15H,7H2,1H3. The van der Waals surface area contributed by atoms with Crippen molar-refractivity contribution < 1.29 is 23.0 Å². The third-order valence-corrected chi connectivity index (χ3v) is 1.88. The molecule has 0 bridgehead atoms. The van der Waals surface area contributed by atoms with Gasteiger partial charge in [-0.3, -0.25) is 0 Å². The van der Waals surface area contributed by atoms with E-state index in [9.17, 15) is 18.3 Å². The minimum atomic E-state index is -4.67. The Balaban J connectivity index is 2.68. The highest BCUT2D eigenvalue weighted by Crippen LogP contribution is 2.23. The molecular weight excluding hydrogens is 221 g/mol. The van der Waals surface area contributed by atoms with Crippen LogP contribution < -0.4 is 4.74 Å². The Hall–Kier alpha value is -1.65. The van der Waals surface area contributed by atoms with Crippen LogP contribution in [-0.4, -0.2) is 11.5 Å². The lowest BCUT2D eigenvalue weighted by Crippen LogP contribution is -2.17. The second-order valence-electron chi connectivity index (χ2n) is 3.15. The molecule has 1 aromatic carbocycles. The first kappa shape index (κ1) is 12.4. The Morgan fingerprint density at radius 3 is 2.31 bits per heavy atom. The van der Waals surface area contributed by atoms with Gasteiger partial charge < -0.3 is 9.84 Å². The van der Waals surface area contributed by atoms with Gasteiger partial charge in [-0.25, -0.2) is 0 Å². The number of aliphatic hydroxyl groups excluding tert-OH is 1. The molecule has 16 heavy (non-hydrogen) atoms. The molecule has 0 aromatic heterocycles. The number of benzene rings is 1.